The topological polar surface area (TPSA) is 58.1 Å². The summed E-state index contributed by atoms with van der Waals surface area (Å²) in [6, 6.07) is 8.11. The largest absolute Gasteiger partial charge is 0.492 e. The van der Waals surface area contributed by atoms with E-state index in [0.717, 1.165) is 43.5 Å². The fraction of sp³-hybridized carbons (Fsp3) is 0.667. The number of hydrogen-bond acceptors (Lipinski definition) is 4. The van der Waals surface area contributed by atoms with Gasteiger partial charge in [-0.2, -0.15) is 0 Å². The summed E-state index contributed by atoms with van der Waals surface area (Å²) < 4.78 is 11.5. The Morgan fingerprint density at radius 1 is 1.11 bits per heavy atom. The molecule has 0 radical (unpaired) electrons. The van der Waals surface area contributed by atoms with E-state index in [4.69, 9.17) is 14.5 Å². The van der Waals surface area contributed by atoms with Gasteiger partial charge in [-0.05, 0) is 39.9 Å². The van der Waals surface area contributed by atoms with E-state index in [-0.39, 0.29) is 5.60 Å². The molecule has 0 aliphatic rings. The summed E-state index contributed by atoms with van der Waals surface area (Å²) in [6.07, 6.45) is 0. The Kier molecular flexibility index (Phi) is 10.8. The monoisotopic (exact) mass is 378 g/mol. The van der Waals surface area contributed by atoms with Crippen molar-refractivity contribution in [2.24, 2.45) is 4.99 Å². The SMILES string of the molecule is CCNC(=NCc1ccccc1OCCN(CC)CC)NCC(C)(C)OC. The number of aliphatic imine (C=N–C) groups is 1. The maximum atomic E-state index is 6.02. The summed E-state index contributed by atoms with van der Waals surface area (Å²) in [7, 11) is 1.72. The van der Waals surface area contributed by atoms with Crippen LogP contribution in [0, 0.1) is 0 Å². The molecule has 154 valence electrons. The highest BCUT2D eigenvalue weighted by atomic mass is 16.5. The van der Waals surface area contributed by atoms with E-state index in [1.165, 1.54) is 0 Å². The molecule has 0 aliphatic carbocycles. The Morgan fingerprint density at radius 2 is 1.81 bits per heavy atom. The number of hydrogen-bond donors (Lipinski definition) is 2. The first-order valence-electron chi connectivity index (χ1n) is 9.96. The second kappa shape index (κ2) is 12.6. The first kappa shape index (κ1) is 23.2. The van der Waals surface area contributed by atoms with E-state index in [0.29, 0.717) is 19.7 Å². The van der Waals surface area contributed by atoms with Crippen molar-refractivity contribution in [2.45, 2.75) is 46.8 Å². The maximum absolute atomic E-state index is 6.02. The van der Waals surface area contributed by atoms with Crippen LogP contribution in [0.5, 0.6) is 5.75 Å². The minimum absolute atomic E-state index is 0.248. The number of guanidine groups is 1. The smallest absolute Gasteiger partial charge is 0.191 e. The Morgan fingerprint density at radius 3 is 2.44 bits per heavy atom. The number of methoxy groups -OCH3 is 1. The molecule has 1 rings (SSSR count). The van der Waals surface area contributed by atoms with Crippen LogP contribution in [0.4, 0.5) is 0 Å². The van der Waals surface area contributed by atoms with E-state index in [1.54, 1.807) is 7.11 Å². The molecule has 6 heteroatoms. The molecular formula is C21H38N4O2. The number of nitrogens with zero attached hydrogens (tertiary/aromatic N) is 2. The van der Waals surface area contributed by atoms with Gasteiger partial charge in [0, 0.05) is 32.3 Å². The number of para-hydroxylation sites is 1. The van der Waals surface area contributed by atoms with Crippen molar-refractivity contribution in [1.29, 1.82) is 0 Å². The molecule has 0 unspecified atom stereocenters. The zero-order valence-electron chi connectivity index (χ0n) is 18.0. The molecule has 0 aromatic heterocycles. The van der Waals surface area contributed by atoms with Crippen molar-refractivity contribution in [3.8, 4) is 5.75 Å². The molecule has 1 aromatic rings. The van der Waals surface area contributed by atoms with Crippen LogP contribution in [-0.2, 0) is 11.3 Å². The Hall–Kier alpha value is -1.79. The molecule has 0 atom stereocenters. The highest BCUT2D eigenvalue weighted by Crippen LogP contribution is 2.19. The minimum atomic E-state index is -0.248. The number of likely N-dealkylation sites (N-methyl/N-ethyl adjacent to an activating group) is 1. The van der Waals surface area contributed by atoms with E-state index >= 15 is 0 Å². The molecule has 2 N–H and O–H groups in total. The van der Waals surface area contributed by atoms with Gasteiger partial charge in [-0.1, -0.05) is 32.0 Å². The number of rotatable bonds is 12. The normalized spacial score (nSPS) is 12.3. The third-order valence-corrected chi connectivity index (χ3v) is 4.52. The van der Waals surface area contributed by atoms with Crippen molar-refractivity contribution in [3.05, 3.63) is 29.8 Å². The second-order valence-corrected chi connectivity index (χ2v) is 7.00. The highest BCUT2D eigenvalue weighted by molar-refractivity contribution is 5.79. The van der Waals surface area contributed by atoms with Gasteiger partial charge in [-0.15, -0.1) is 0 Å². The van der Waals surface area contributed by atoms with Gasteiger partial charge in [0.15, 0.2) is 5.96 Å². The van der Waals surface area contributed by atoms with Crippen LogP contribution in [0.3, 0.4) is 0 Å². The number of ether oxygens (including phenoxy) is 2. The van der Waals surface area contributed by atoms with Crippen molar-refractivity contribution in [3.63, 3.8) is 0 Å². The summed E-state index contributed by atoms with van der Waals surface area (Å²) in [6.45, 7) is 16.2. The molecule has 0 amide bonds. The molecule has 0 fully saturated rings. The van der Waals surface area contributed by atoms with Crippen LogP contribution in [0.1, 0.15) is 40.2 Å². The fourth-order valence-corrected chi connectivity index (χ4v) is 2.47. The van der Waals surface area contributed by atoms with Gasteiger partial charge in [-0.3, -0.25) is 0 Å². The maximum Gasteiger partial charge on any atom is 0.191 e. The Labute approximate surface area is 165 Å². The van der Waals surface area contributed by atoms with Crippen LogP contribution in [0.2, 0.25) is 0 Å². The van der Waals surface area contributed by atoms with E-state index < -0.39 is 0 Å². The van der Waals surface area contributed by atoms with Crippen LogP contribution in [0.25, 0.3) is 0 Å². The predicted molar refractivity (Wildman–Crippen MR) is 114 cm³/mol. The molecule has 27 heavy (non-hydrogen) atoms. The fourth-order valence-electron chi connectivity index (χ4n) is 2.47. The highest BCUT2D eigenvalue weighted by Gasteiger charge is 2.16. The van der Waals surface area contributed by atoms with Gasteiger partial charge in [0.1, 0.15) is 12.4 Å². The first-order valence-corrected chi connectivity index (χ1v) is 9.96. The molecule has 0 heterocycles. The molecule has 0 saturated carbocycles. The minimum Gasteiger partial charge on any atom is -0.492 e. The lowest BCUT2D eigenvalue weighted by molar-refractivity contribution is 0.0268. The van der Waals surface area contributed by atoms with Gasteiger partial charge in [0.25, 0.3) is 0 Å². The average Bonchev–Trinajstić information content (AvgIpc) is 2.68. The summed E-state index contributed by atoms with van der Waals surface area (Å²) in [5.74, 6) is 1.68. The summed E-state index contributed by atoms with van der Waals surface area (Å²) >= 11 is 0. The van der Waals surface area contributed by atoms with Gasteiger partial charge in [0.2, 0.25) is 0 Å². The first-order chi connectivity index (χ1) is 13.0. The zero-order chi connectivity index (χ0) is 20.1. The van der Waals surface area contributed by atoms with Gasteiger partial charge in [-0.25, -0.2) is 4.99 Å². The molecule has 1 aromatic carbocycles. The van der Waals surface area contributed by atoms with Crippen LogP contribution < -0.4 is 15.4 Å². The van der Waals surface area contributed by atoms with Crippen molar-refractivity contribution < 1.29 is 9.47 Å². The van der Waals surface area contributed by atoms with Crippen molar-refractivity contribution in [1.82, 2.24) is 15.5 Å². The van der Waals surface area contributed by atoms with E-state index in [1.807, 2.05) is 32.0 Å². The lowest BCUT2D eigenvalue weighted by Gasteiger charge is -2.24. The van der Waals surface area contributed by atoms with Crippen LogP contribution in [0.15, 0.2) is 29.3 Å². The third kappa shape index (κ3) is 9.11. The summed E-state index contributed by atoms with van der Waals surface area (Å²) in [5.41, 5.74) is 0.835. The summed E-state index contributed by atoms with van der Waals surface area (Å²) in [5, 5.41) is 6.62. The molecule has 0 saturated heterocycles. The molecule has 6 nitrogen and oxygen atoms in total. The van der Waals surface area contributed by atoms with Gasteiger partial charge in [0.05, 0.1) is 12.1 Å². The predicted octanol–water partition coefficient (Wildman–Crippen LogP) is 2.89. The van der Waals surface area contributed by atoms with E-state index in [9.17, 15) is 0 Å². The average molecular weight is 379 g/mol. The lowest BCUT2D eigenvalue weighted by atomic mass is 10.1. The molecular weight excluding hydrogens is 340 g/mol. The summed E-state index contributed by atoms with van der Waals surface area (Å²) in [4.78, 5) is 7.06. The third-order valence-electron chi connectivity index (χ3n) is 4.52. The standard InChI is InChI=1S/C21H38N4O2/c1-7-22-20(24-17-21(4,5)26-6)23-16-18-12-10-11-13-19(18)27-15-14-25(8-2)9-3/h10-13H,7-9,14-17H2,1-6H3,(H2,22,23,24). The lowest BCUT2D eigenvalue weighted by Crippen LogP contribution is -2.45. The van der Waals surface area contributed by atoms with Gasteiger partial charge < -0.3 is 25.0 Å². The Bertz CT molecular complexity index is 557. The van der Waals surface area contributed by atoms with Crippen LogP contribution in [-0.4, -0.2) is 62.9 Å². The quantitative estimate of drug-likeness (QED) is 0.433. The van der Waals surface area contributed by atoms with Crippen molar-refractivity contribution in [2.75, 3.05) is 46.4 Å². The number of nitrogens with one attached hydrogen (secondary N) is 2. The van der Waals surface area contributed by atoms with E-state index in [2.05, 4.69) is 42.4 Å². The Balaban J connectivity index is 2.70. The zero-order valence-corrected chi connectivity index (χ0v) is 18.0. The molecule has 0 aliphatic heterocycles. The molecule has 0 spiro atoms. The van der Waals surface area contributed by atoms with Crippen molar-refractivity contribution >= 4 is 5.96 Å². The van der Waals surface area contributed by atoms with Gasteiger partial charge >= 0.3 is 0 Å². The van der Waals surface area contributed by atoms with Crippen LogP contribution >= 0.6 is 0 Å². The second-order valence-electron chi connectivity index (χ2n) is 7.00. The molecule has 0 bridgehead atoms. The number of benzene rings is 1.